The van der Waals surface area contributed by atoms with Crippen molar-refractivity contribution < 1.29 is 4.39 Å². The van der Waals surface area contributed by atoms with Crippen LogP contribution in [0.25, 0.3) is 28.1 Å². The van der Waals surface area contributed by atoms with E-state index in [1.54, 1.807) is 12.1 Å². The van der Waals surface area contributed by atoms with Gasteiger partial charge in [0, 0.05) is 22.4 Å². The highest BCUT2D eigenvalue weighted by molar-refractivity contribution is 6.30. The summed E-state index contributed by atoms with van der Waals surface area (Å²) < 4.78 is 15.8. The van der Waals surface area contributed by atoms with E-state index in [9.17, 15) is 4.39 Å². The van der Waals surface area contributed by atoms with Crippen molar-refractivity contribution in [3.8, 4) is 17.1 Å². The molecule has 1 aliphatic heterocycles. The van der Waals surface area contributed by atoms with E-state index in [1.165, 1.54) is 12.1 Å². The average Bonchev–Trinajstić information content (AvgIpc) is 2.80. The maximum absolute atomic E-state index is 13.7. The Morgan fingerprint density at radius 1 is 0.939 bits per heavy atom. The third-order valence-corrected chi connectivity index (χ3v) is 5.55. The van der Waals surface area contributed by atoms with Crippen molar-refractivity contribution in [1.82, 2.24) is 9.55 Å². The Hall–Kier alpha value is -3.70. The quantitative estimate of drug-likeness (QED) is 0.296. The summed E-state index contributed by atoms with van der Waals surface area (Å²) in [6.07, 6.45) is 0. The average molecular weight is 457 g/mol. The van der Waals surface area contributed by atoms with Crippen LogP contribution in [0.2, 0.25) is 5.02 Å². The van der Waals surface area contributed by atoms with E-state index in [4.69, 9.17) is 21.6 Å². The Bertz CT molecular complexity index is 1470. The Kier molecular flexibility index (Phi) is 5.56. The standard InChI is InChI=1S/C27H22ClFN4/c1-17(2)30-24-16-27-25(15-23(24)31-20-11-7-18(28)8-12-20)32-22-5-3-4-6-26(22)33(27)21-13-9-19(29)10-14-21/h3-17,31H,1-2H3. The molecular formula is C27H22ClFN4. The van der Waals surface area contributed by atoms with E-state index in [-0.39, 0.29) is 11.9 Å². The van der Waals surface area contributed by atoms with Crippen molar-refractivity contribution >= 4 is 34.0 Å². The molecule has 0 amide bonds. The zero-order chi connectivity index (χ0) is 22.9. The molecule has 0 saturated heterocycles. The van der Waals surface area contributed by atoms with Crippen LogP contribution in [-0.2, 0) is 0 Å². The fourth-order valence-corrected chi connectivity index (χ4v) is 4.01. The number of hydrogen-bond acceptors (Lipinski definition) is 3. The van der Waals surface area contributed by atoms with Gasteiger partial charge in [-0.2, -0.15) is 0 Å². The number of anilines is 2. The molecule has 164 valence electrons. The zero-order valence-electron chi connectivity index (χ0n) is 18.3. The van der Waals surface area contributed by atoms with Gasteiger partial charge in [-0.25, -0.2) is 9.37 Å². The topological polar surface area (TPSA) is 42.2 Å². The molecule has 6 heteroatoms. The van der Waals surface area contributed by atoms with Gasteiger partial charge in [-0.3, -0.25) is 4.99 Å². The largest absolute Gasteiger partial charge is 0.354 e. The van der Waals surface area contributed by atoms with Crippen LogP contribution < -0.4 is 10.7 Å². The molecule has 4 nitrogen and oxygen atoms in total. The van der Waals surface area contributed by atoms with Gasteiger partial charge < -0.3 is 9.88 Å². The van der Waals surface area contributed by atoms with E-state index in [0.29, 0.717) is 5.02 Å². The second-order valence-electron chi connectivity index (χ2n) is 8.13. The van der Waals surface area contributed by atoms with Crippen molar-refractivity contribution in [1.29, 1.82) is 0 Å². The van der Waals surface area contributed by atoms with Gasteiger partial charge in [0.15, 0.2) is 0 Å². The molecule has 0 fully saturated rings. The Morgan fingerprint density at radius 3 is 2.39 bits per heavy atom. The minimum absolute atomic E-state index is 0.0981. The molecule has 0 radical (unpaired) electrons. The van der Waals surface area contributed by atoms with Crippen LogP contribution in [0.4, 0.5) is 15.8 Å². The molecule has 5 rings (SSSR count). The van der Waals surface area contributed by atoms with Crippen LogP contribution in [0.5, 0.6) is 0 Å². The second kappa shape index (κ2) is 8.68. The first kappa shape index (κ1) is 21.2. The molecule has 0 bridgehead atoms. The van der Waals surface area contributed by atoms with Crippen molar-refractivity contribution in [3.05, 3.63) is 101 Å². The molecule has 3 aromatic rings. The fraction of sp³-hybridized carbons (Fsp3) is 0.111. The number of nitrogens with one attached hydrogen (secondary N) is 1. The molecule has 3 aromatic carbocycles. The molecule has 1 aliphatic carbocycles. The Morgan fingerprint density at radius 2 is 1.67 bits per heavy atom. The van der Waals surface area contributed by atoms with Gasteiger partial charge in [-0.15, -0.1) is 0 Å². The van der Waals surface area contributed by atoms with Crippen LogP contribution in [-0.4, -0.2) is 15.6 Å². The fourth-order valence-electron chi connectivity index (χ4n) is 3.88. The van der Waals surface area contributed by atoms with E-state index in [1.807, 2.05) is 74.5 Å². The molecule has 0 aromatic heterocycles. The normalized spacial score (nSPS) is 12.1. The van der Waals surface area contributed by atoms with Gasteiger partial charge in [-0.05, 0) is 86.6 Å². The lowest BCUT2D eigenvalue weighted by molar-refractivity contribution is 0.627. The minimum atomic E-state index is -0.271. The predicted octanol–water partition coefficient (Wildman–Crippen LogP) is 6.98. The van der Waals surface area contributed by atoms with Gasteiger partial charge >= 0.3 is 0 Å². The highest BCUT2D eigenvalue weighted by Gasteiger charge is 2.16. The molecule has 0 saturated carbocycles. The Labute approximate surface area is 196 Å². The summed E-state index contributed by atoms with van der Waals surface area (Å²) in [7, 11) is 0. The number of para-hydroxylation sites is 2. The first-order chi connectivity index (χ1) is 16.0. The number of halogens is 2. The molecule has 0 spiro atoms. The van der Waals surface area contributed by atoms with Crippen LogP contribution >= 0.6 is 11.6 Å². The third-order valence-electron chi connectivity index (χ3n) is 5.30. The summed E-state index contributed by atoms with van der Waals surface area (Å²) in [6, 6.07) is 26.1. The van der Waals surface area contributed by atoms with Gasteiger partial charge in [0.05, 0.1) is 33.5 Å². The van der Waals surface area contributed by atoms with Crippen molar-refractivity contribution in [2.45, 2.75) is 19.9 Å². The molecule has 1 heterocycles. The first-order valence-corrected chi connectivity index (χ1v) is 11.1. The lowest BCUT2D eigenvalue weighted by Gasteiger charge is -2.20. The van der Waals surface area contributed by atoms with Gasteiger partial charge in [0.1, 0.15) is 5.82 Å². The summed E-state index contributed by atoms with van der Waals surface area (Å²) >= 11 is 6.05. The Balaban J connectivity index is 1.80. The van der Waals surface area contributed by atoms with E-state index < -0.39 is 0 Å². The maximum atomic E-state index is 13.7. The van der Waals surface area contributed by atoms with E-state index in [0.717, 1.165) is 44.8 Å². The molecule has 2 aliphatic rings. The lowest BCUT2D eigenvalue weighted by atomic mass is 10.1. The monoisotopic (exact) mass is 456 g/mol. The van der Waals surface area contributed by atoms with Gasteiger partial charge in [-0.1, -0.05) is 23.7 Å². The number of rotatable bonds is 4. The molecular weight excluding hydrogens is 435 g/mol. The van der Waals surface area contributed by atoms with Crippen molar-refractivity contribution in [3.63, 3.8) is 0 Å². The predicted molar refractivity (Wildman–Crippen MR) is 133 cm³/mol. The van der Waals surface area contributed by atoms with Crippen molar-refractivity contribution in [2.75, 3.05) is 5.32 Å². The summed E-state index contributed by atoms with van der Waals surface area (Å²) in [5.41, 5.74) is 6.09. The number of nitrogens with zero attached hydrogens (tertiary/aromatic N) is 3. The molecule has 0 atom stereocenters. The highest BCUT2D eigenvalue weighted by Crippen LogP contribution is 2.30. The smallest absolute Gasteiger partial charge is 0.123 e. The third kappa shape index (κ3) is 4.32. The van der Waals surface area contributed by atoms with Crippen LogP contribution in [0.3, 0.4) is 0 Å². The van der Waals surface area contributed by atoms with Gasteiger partial charge in [0.25, 0.3) is 0 Å². The zero-order valence-corrected chi connectivity index (χ0v) is 19.0. The second-order valence-corrected chi connectivity index (χ2v) is 8.56. The van der Waals surface area contributed by atoms with Crippen LogP contribution in [0.15, 0.2) is 89.9 Å². The molecule has 0 unspecified atom stereocenters. The molecule has 33 heavy (non-hydrogen) atoms. The number of benzene rings is 4. The number of aromatic nitrogens is 2. The molecule has 1 N–H and O–H groups in total. The summed E-state index contributed by atoms with van der Waals surface area (Å²) in [5, 5.41) is 4.96. The summed E-state index contributed by atoms with van der Waals surface area (Å²) in [5.74, 6) is -0.271. The maximum Gasteiger partial charge on any atom is 0.123 e. The number of hydrogen-bond donors (Lipinski definition) is 1. The van der Waals surface area contributed by atoms with E-state index in [2.05, 4.69) is 9.88 Å². The van der Waals surface area contributed by atoms with Gasteiger partial charge in [0.2, 0.25) is 0 Å². The van der Waals surface area contributed by atoms with Crippen molar-refractivity contribution in [2.24, 2.45) is 4.99 Å². The summed E-state index contributed by atoms with van der Waals surface area (Å²) in [6.45, 7) is 4.09. The SMILES string of the molecule is CC(C)N=c1cc2n(-c3ccc(F)cc3)c3ccccc3nc-2cc1Nc1ccc(Cl)cc1. The van der Waals surface area contributed by atoms with E-state index >= 15 is 0 Å². The number of fused-ring (bicyclic) bond motifs is 2. The lowest BCUT2D eigenvalue weighted by Crippen LogP contribution is -2.16. The highest BCUT2D eigenvalue weighted by atomic mass is 35.5. The summed E-state index contributed by atoms with van der Waals surface area (Å²) in [4.78, 5) is 9.78. The van der Waals surface area contributed by atoms with Crippen LogP contribution in [0.1, 0.15) is 13.8 Å². The minimum Gasteiger partial charge on any atom is -0.354 e. The first-order valence-electron chi connectivity index (χ1n) is 10.8. The van der Waals surface area contributed by atoms with Crippen LogP contribution in [0, 0.1) is 5.82 Å².